The van der Waals surface area contributed by atoms with E-state index in [1.54, 1.807) is 7.11 Å². The normalized spacial score (nSPS) is 14.4. The standard InChI is InChI=1S/C15H24ClNO/c1-4-6-15(17-14(5-2)11-18-3)12-7-9-13(16)10-8-12/h7-10,14-15,17H,4-6,11H2,1-3H3. The minimum absolute atomic E-state index is 0.382. The molecule has 0 amide bonds. The highest BCUT2D eigenvalue weighted by molar-refractivity contribution is 6.30. The zero-order valence-electron chi connectivity index (χ0n) is 11.6. The van der Waals surface area contributed by atoms with Gasteiger partial charge < -0.3 is 10.1 Å². The Morgan fingerprint density at radius 3 is 2.39 bits per heavy atom. The SMILES string of the molecule is CCCC(NC(CC)COC)c1ccc(Cl)cc1. The average Bonchev–Trinajstić information content (AvgIpc) is 2.38. The summed E-state index contributed by atoms with van der Waals surface area (Å²) in [5.41, 5.74) is 1.30. The van der Waals surface area contributed by atoms with E-state index in [4.69, 9.17) is 16.3 Å². The second-order valence-electron chi connectivity index (χ2n) is 4.62. The molecular formula is C15H24ClNO. The molecule has 0 heterocycles. The quantitative estimate of drug-likeness (QED) is 0.764. The molecule has 2 unspecified atom stereocenters. The second kappa shape index (κ2) is 8.52. The third-order valence-corrected chi connectivity index (χ3v) is 3.40. The lowest BCUT2D eigenvalue weighted by Crippen LogP contribution is -2.35. The van der Waals surface area contributed by atoms with E-state index in [2.05, 4.69) is 31.3 Å². The van der Waals surface area contributed by atoms with E-state index in [9.17, 15) is 0 Å². The zero-order valence-corrected chi connectivity index (χ0v) is 12.3. The van der Waals surface area contributed by atoms with Crippen LogP contribution in [0.25, 0.3) is 0 Å². The Bertz CT molecular complexity index is 326. The molecular weight excluding hydrogens is 246 g/mol. The minimum Gasteiger partial charge on any atom is -0.383 e. The van der Waals surface area contributed by atoms with Crippen LogP contribution in [0, 0.1) is 0 Å². The fourth-order valence-corrected chi connectivity index (χ4v) is 2.23. The molecule has 3 heteroatoms. The molecule has 0 radical (unpaired) electrons. The monoisotopic (exact) mass is 269 g/mol. The molecule has 0 saturated carbocycles. The molecule has 0 fully saturated rings. The van der Waals surface area contributed by atoms with E-state index in [0.717, 1.165) is 30.9 Å². The van der Waals surface area contributed by atoms with Crippen molar-refractivity contribution in [2.24, 2.45) is 0 Å². The Morgan fingerprint density at radius 1 is 1.22 bits per heavy atom. The van der Waals surface area contributed by atoms with E-state index in [1.165, 1.54) is 5.56 Å². The molecule has 0 spiro atoms. The predicted octanol–water partition coefficient (Wildman–Crippen LogP) is 4.20. The molecule has 102 valence electrons. The second-order valence-corrected chi connectivity index (χ2v) is 5.06. The maximum Gasteiger partial charge on any atom is 0.0615 e. The van der Waals surface area contributed by atoms with Crippen molar-refractivity contribution >= 4 is 11.6 Å². The van der Waals surface area contributed by atoms with Crippen LogP contribution in [-0.2, 0) is 4.74 Å². The number of halogens is 1. The predicted molar refractivity (Wildman–Crippen MR) is 78.2 cm³/mol. The van der Waals surface area contributed by atoms with Crippen LogP contribution in [0.4, 0.5) is 0 Å². The Hall–Kier alpha value is -0.570. The van der Waals surface area contributed by atoms with E-state index in [1.807, 2.05) is 12.1 Å². The van der Waals surface area contributed by atoms with Gasteiger partial charge in [-0.15, -0.1) is 0 Å². The first kappa shape index (κ1) is 15.5. The van der Waals surface area contributed by atoms with E-state index < -0.39 is 0 Å². The van der Waals surface area contributed by atoms with E-state index in [-0.39, 0.29) is 0 Å². The van der Waals surface area contributed by atoms with Gasteiger partial charge in [-0.25, -0.2) is 0 Å². The lowest BCUT2D eigenvalue weighted by molar-refractivity contribution is 0.157. The Kier molecular flexibility index (Phi) is 7.33. The van der Waals surface area contributed by atoms with Crippen molar-refractivity contribution < 1.29 is 4.74 Å². The number of hydrogen-bond donors (Lipinski definition) is 1. The van der Waals surface area contributed by atoms with Crippen molar-refractivity contribution in [1.29, 1.82) is 0 Å². The van der Waals surface area contributed by atoms with Gasteiger partial charge in [-0.1, -0.05) is 44.0 Å². The highest BCUT2D eigenvalue weighted by Crippen LogP contribution is 2.21. The number of benzene rings is 1. The van der Waals surface area contributed by atoms with Gasteiger partial charge in [0.25, 0.3) is 0 Å². The molecule has 0 saturated heterocycles. The number of rotatable bonds is 8. The summed E-state index contributed by atoms with van der Waals surface area (Å²) in [6.45, 7) is 5.15. The van der Waals surface area contributed by atoms with Gasteiger partial charge in [0.1, 0.15) is 0 Å². The van der Waals surface area contributed by atoms with Crippen LogP contribution in [-0.4, -0.2) is 19.8 Å². The first-order chi connectivity index (χ1) is 8.71. The van der Waals surface area contributed by atoms with Crippen molar-refractivity contribution in [3.8, 4) is 0 Å². The van der Waals surface area contributed by atoms with Gasteiger partial charge in [0.05, 0.1) is 6.61 Å². The largest absolute Gasteiger partial charge is 0.383 e. The van der Waals surface area contributed by atoms with Crippen LogP contribution in [0.3, 0.4) is 0 Å². The molecule has 1 aromatic rings. The van der Waals surface area contributed by atoms with Gasteiger partial charge in [0.2, 0.25) is 0 Å². The summed E-state index contributed by atoms with van der Waals surface area (Å²) in [6, 6.07) is 8.91. The highest BCUT2D eigenvalue weighted by atomic mass is 35.5. The Morgan fingerprint density at radius 2 is 1.89 bits per heavy atom. The number of nitrogens with one attached hydrogen (secondary N) is 1. The molecule has 2 atom stereocenters. The molecule has 1 N–H and O–H groups in total. The third kappa shape index (κ3) is 4.97. The molecule has 2 nitrogen and oxygen atoms in total. The smallest absolute Gasteiger partial charge is 0.0615 e. The van der Waals surface area contributed by atoms with Crippen LogP contribution >= 0.6 is 11.6 Å². The van der Waals surface area contributed by atoms with Crippen molar-refractivity contribution in [2.45, 2.75) is 45.2 Å². The number of ether oxygens (including phenoxy) is 1. The topological polar surface area (TPSA) is 21.3 Å². The van der Waals surface area contributed by atoms with Gasteiger partial charge in [0, 0.05) is 24.2 Å². The molecule has 1 rings (SSSR count). The van der Waals surface area contributed by atoms with Crippen molar-refractivity contribution in [3.63, 3.8) is 0 Å². The average molecular weight is 270 g/mol. The number of methoxy groups -OCH3 is 1. The molecule has 0 aliphatic carbocycles. The lowest BCUT2D eigenvalue weighted by Gasteiger charge is -2.25. The maximum absolute atomic E-state index is 5.94. The fraction of sp³-hybridized carbons (Fsp3) is 0.600. The van der Waals surface area contributed by atoms with Gasteiger partial charge in [0.15, 0.2) is 0 Å². The Balaban J connectivity index is 2.71. The molecule has 0 aromatic heterocycles. The highest BCUT2D eigenvalue weighted by Gasteiger charge is 2.15. The van der Waals surface area contributed by atoms with Crippen LogP contribution < -0.4 is 5.32 Å². The van der Waals surface area contributed by atoms with Gasteiger partial charge in [-0.3, -0.25) is 0 Å². The third-order valence-electron chi connectivity index (χ3n) is 3.15. The summed E-state index contributed by atoms with van der Waals surface area (Å²) >= 11 is 5.94. The van der Waals surface area contributed by atoms with Crippen LogP contribution in [0.2, 0.25) is 5.02 Å². The summed E-state index contributed by atoms with van der Waals surface area (Å²) in [4.78, 5) is 0. The summed E-state index contributed by atoms with van der Waals surface area (Å²) < 4.78 is 5.25. The first-order valence-corrected chi connectivity index (χ1v) is 7.09. The molecule has 18 heavy (non-hydrogen) atoms. The molecule has 0 bridgehead atoms. The summed E-state index contributed by atoms with van der Waals surface area (Å²) in [6.07, 6.45) is 3.35. The van der Waals surface area contributed by atoms with Crippen molar-refractivity contribution in [3.05, 3.63) is 34.9 Å². The summed E-state index contributed by atoms with van der Waals surface area (Å²) in [5, 5.41) is 4.46. The summed E-state index contributed by atoms with van der Waals surface area (Å²) in [7, 11) is 1.75. The van der Waals surface area contributed by atoms with Crippen LogP contribution in [0.5, 0.6) is 0 Å². The first-order valence-electron chi connectivity index (χ1n) is 6.71. The van der Waals surface area contributed by atoms with E-state index in [0.29, 0.717) is 12.1 Å². The number of hydrogen-bond acceptors (Lipinski definition) is 2. The van der Waals surface area contributed by atoms with Gasteiger partial charge in [-0.2, -0.15) is 0 Å². The van der Waals surface area contributed by atoms with Crippen molar-refractivity contribution in [2.75, 3.05) is 13.7 Å². The van der Waals surface area contributed by atoms with Gasteiger partial charge >= 0.3 is 0 Å². The molecule has 0 aliphatic rings. The Labute approximate surface area is 116 Å². The van der Waals surface area contributed by atoms with Crippen LogP contribution in [0.1, 0.15) is 44.7 Å². The molecule has 1 aromatic carbocycles. The van der Waals surface area contributed by atoms with E-state index >= 15 is 0 Å². The fourth-order valence-electron chi connectivity index (χ4n) is 2.10. The van der Waals surface area contributed by atoms with Gasteiger partial charge in [-0.05, 0) is 30.5 Å². The van der Waals surface area contributed by atoms with Crippen molar-refractivity contribution in [1.82, 2.24) is 5.32 Å². The van der Waals surface area contributed by atoms with Crippen LogP contribution in [0.15, 0.2) is 24.3 Å². The zero-order chi connectivity index (χ0) is 13.4. The molecule has 0 aliphatic heterocycles. The lowest BCUT2D eigenvalue weighted by atomic mass is 10.0. The minimum atomic E-state index is 0.382. The maximum atomic E-state index is 5.94. The summed E-state index contributed by atoms with van der Waals surface area (Å²) in [5.74, 6) is 0.